The zero-order valence-electron chi connectivity index (χ0n) is 16.6. The molecular weight excluding hydrogens is 374 g/mol. The summed E-state index contributed by atoms with van der Waals surface area (Å²) in [6.45, 7) is 4.74. The molecule has 0 radical (unpaired) electrons. The Labute approximate surface area is 170 Å². The minimum Gasteiger partial charge on any atom is -0.342 e. The van der Waals surface area contributed by atoms with Crippen LogP contribution in [0.3, 0.4) is 0 Å². The molecule has 1 aromatic rings. The van der Waals surface area contributed by atoms with Gasteiger partial charge in [-0.25, -0.2) is 4.98 Å². The van der Waals surface area contributed by atoms with Crippen molar-refractivity contribution in [1.82, 2.24) is 24.3 Å². The highest BCUT2D eigenvalue weighted by Gasteiger charge is 2.43. The number of likely N-dealkylation sites (tertiary alicyclic amines) is 2. The third-order valence-electron chi connectivity index (χ3n) is 7.04. The summed E-state index contributed by atoms with van der Waals surface area (Å²) in [5.74, 6) is 1.40. The minimum absolute atomic E-state index is 0.127. The second-order valence-corrected chi connectivity index (χ2v) is 9.99. The van der Waals surface area contributed by atoms with Crippen LogP contribution in [0.1, 0.15) is 42.6 Å². The number of rotatable bonds is 4. The third kappa shape index (κ3) is 3.34. The maximum Gasteiger partial charge on any atom is 0.272 e. The van der Waals surface area contributed by atoms with Crippen LogP contribution in [0, 0.1) is 5.41 Å². The van der Waals surface area contributed by atoms with Crippen LogP contribution in [0.25, 0.3) is 0 Å². The first-order valence-electron chi connectivity index (χ1n) is 10.5. The van der Waals surface area contributed by atoms with Gasteiger partial charge in [0.05, 0.1) is 12.7 Å². The summed E-state index contributed by atoms with van der Waals surface area (Å²) in [6, 6.07) is 0.623. The maximum atomic E-state index is 13.0. The molecule has 1 saturated carbocycles. The van der Waals surface area contributed by atoms with Crippen molar-refractivity contribution >= 4 is 23.6 Å². The van der Waals surface area contributed by atoms with Gasteiger partial charge in [0.15, 0.2) is 5.16 Å². The number of hydrogen-bond acceptors (Lipinski definition) is 5. The molecule has 1 aliphatic carbocycles. The normalized spacial score (nSPS) is 23.6. The largest absolute Gasteiger partial charge is 0.342 e. The number of hydrogen-bond donors (Lipinski definition) is 0. The number of carbonyl (C=O) groups is 2. The fourth-order valence-electron chi connectivity index (χ4n) is 4.96. The zero-order chi connectivity index (χ0) is 19.3. The number of fused-ring (bicyclic) bond motifs is 1. The lowest BCUT2D eigenvalue weighted by atomic mass is 9.78. The van der Waals surface area contributed by atoms with Gasteiger partial charge in [0.1, 0.15) is 5.69 Å². The quantitative estimate of drug-likeness (QED) is 0.763. The van der Waals surface area contributed by atoms with Crippen molar-refractivity contribution in [2.45, 2.75) is 49.8 Å². The number of imidazole rings is 1. The molecular formula is C20H29N5O2S. The van der Waals surface area contributed by atoms with Crippen molar-refractivity contribution < 1.29 is 9.59 Å². The Morgan fingerprint density at radius 3 is 2.61 bits per heavy atom. The van der Waals surface area contributed by atoms with Crippen molar-refractivity contribution in [2.75, 3.05) is 45.5 Å². The van der Waals surface area contributed by atoms with E-state index in [1.807, 2.05) is 9.80 Å². The molecule has 1 aromatic heterocycles. The second kappa shape index (κ2) is 7.06. The molecule has 2 amide bonds. The van der Waals surface area contributed by atoms with Crippen LogP contribution >= 0.6 is 11.8 Å². The fraction of sp³-hybridized carbons (Fsp3) is 0.750. The van der Waals surface area contributed by atoms with Crippen molar-refractivity contribution in [1.29, 1.82) is 0 Å². The average molecular weight is 404 g/mol. The van der Waals surface area contributed by atoms with Gasteiger partial charge in [-0.2, -0.15) is 0 Å². The lowest BCUT2D eigenvalue weighted by molar-refractivity contribution is -0.134. The van der Waals surface area contributed by atoms with Crippen molar-refractivity contribution in [2.24, 2.45) is 5.41 Å². The summed E-state index contributed by atoms with van der Waals surface area (Å²) in [4.78, 5) is 36.3. The van der Waals surface area contributed by atoms with Crippen LogP contribution in [0.15, 0.2) is 11.4 Å². The Morgan fingerprint density at radius 2 is 1.89 bits per heavy atom. The summed E-state index contributed by atoms with van der Waals surface area (Å²) in [7, 11) is 2.06. The van der Waals surface area contributed by atoms with E-state index in [2.05, 4.69) is 21.5 Å². The Morgan fingerprint density at radius 1 is 1.18 bits per heavy atom. The summed E-state index contributed by atoms with van der Waals surface area (Å²) >= 11 is 1.72. The molecule has 0 unspecified atom stereocenters. The first-order chi connectivity index (χ1) is 13.5. The molecule has 0 aromatic carbocycles. The van der Waals surface area contributed by atoms with Gasteiger partial charge >= 0.3 is 0 Å². The van der Waals surface area contributed by atoms with E-state index in [0.29, 0.717) is 12.6 Å². The summed E-state index contributed by atoms with van der Waals surface area (Å²) < 4.78 is 2.07. The molecule has 8 heteroatoms. The molecule has 4 aliphatic rings. The van der Waals surface area contributed by atoms with Gasteiger partial charge in [-0.05, 0) is 44.6 Å². The highest BCUT2D eigenvalue weighted by molar-refractivity contribution is 7.99. The second-order valence-electron chi connectivity index (χ2n) is 8.93. The molecule has 2 saturated heterocycles. The third-order valence-corrected chi connectivity index (χ3v) is 8.01. The van der Waals surface area contributed by atoms with Gasteiger partial charge in [0.25, 0.3) is 5.91 Å². The van der Waals surface area contributed by atoms with Crippen LogP contribution in [-0.2, 0) is 11.3 Å². The molecule has 3 aliphatic heterocycles. The van der Waals surface area contributed by atoms with E-state index in [-0.39, 0.29) is 17.2 Å². The molecule has 3 fully saturated rings. The Hall–Kier alpha value is -1.54. The SMILES string of the molecule is CN(CC(=O)N1CCC2(CC1)CCN(C(=O)c1cnc3n1CCS3)C2)C1CC1. The predicted molar refractivity (Wildman–Crippen MR) is 107 cm³/mol. The number of likely N-dealkylation sites (N-methyl/N-ethyl adjacent to an activating group) is 1. The highest BCUT2D eigenvalue weighted by atomic mass is 32.2. The number of amides is 2. The van der Waals surface area contributed by atoms with E-state index in [9.17, 15) is 9.59 Å². The van der Waals surface area contributed by atoms with Gasteiger partial charge in [0.2, 0.25) is 5.91 Å². The van der Waals surface area contributed by atoms with Crippen LogP contribution in [0.5, 0.6) is 0 Å². The number of thioether (sulfide) groups is 1. The molecule has 4 heterocycles. The van der Waals surface area contributed by atoms with Gasteiger partial charge in [-0.1, -0.05) is 11.8 Å². The average Bonchev–Trinajstić information content (AvgIpc) is 3.11. The molecule has 28 heavy (non-hydrogen) atoms. The highest BCUT2D eigenvalue weighted by Crippen LogP contribution is 2.41. The van der Waals surface area contributed by atoms with Gasteiger partial charge in [0, 0.05) is 44.5 Å². The topological polar surface area (TPSA) is 61.7 Å². The molecule has 1 spiro atoms. The molecule has 0 bridgehead atoms. The standard InChI is InChI=1S/C20H29N5O2S/c1-22(15-2-3-15)13-17(26)23-7-4-20(5-8-23)6-9-24(14-20)18(27)16-12-21-19-25(16)10-11-28-19/h12,15H,2-11,13-14H2,1H3. The first-order valence-corrected chi connectivity index (χ1v) is 11.5. The maximum absolute atomic E-state index is 13.0. The first kappa shape index (κ1) is 18.5. The summed E-state index contributed by atoms with van der Waals surface area (Å²) in [6.07, 6.45) is 7.28. The summed E-state index contributed by atoms with van der Waals surface area (Å²) in [5, 5.41) is 0.972. The van der Waals surface area contributed by atoms with E-state index in [0.717, 1.165) is 68.6 Å². The van der Waals surface area contributed by atoms with Gasteiger partial charge in [-0.15, -0.1) is 0 Å². The Bertz CT molecular complexity index is 782. The van der Waals surface area contributed by atoms with Crippen LogP contribution in [-0.4, -0.2) is 87.6 Å². The van der Waals surface area contributed by atoms with Gasteiger partial charge < -0.3 is 14.4 Å². The number of piperidine rings is 1. The van der Waals surface area contributed by atoms with E-state index < -0.39 is 0 Å². The smallest absolute Gasteiger partial charge is 0.272 e. The molecule has 0 N–H and O–H groups in total. The van der Waals surface area contributed by atoms with Gasteiger partial charge in [-0.3, -0.25) is 14.5 Å². The van der Waals surface area contributed by atoms with Crippen LogP contribution < -0.4 is 0 Å². The zero-order valence-corrected chi connectivity index (χ0v) is 17.4. The minimum atomic E-state index is 0.127. The van der Waals surface area contributed by atoms with E-state index in [1.165, 1.54) is 12.8 Å². The summed E-state index contributed by atoms with van der Waals surface area (Å²) in [5.41, 5.74) is 0.935. The monoisotopic (exact) mass is 403 g/mol. The van der Waals surface area contributed by atoms with Crippen molar-refractivity contribution in [3.05, 3.63) is 11.9 Å². The van der Waals surface area contributed by atoms with Crippen molar-refractivity contribution in [3.8, 4) is 0 Å². The van der Waals surface area contributed by atoms with Crippen molar-refractivity contribution in [3.63, 3.8) is 0 Å². The Kier molecular flexibility index (Phi) is 4.66. The van der Waals surface area contributed by atoms with Crippen LogP contribution in [0.2, 0.25) is 0 Å². The molecule has 7 nitrogen and oxygen atoms in total. The molecule has 152 valence electrons. The van der Waals surface area contributed by atoms with E-state index >= 15 is 0 Å². The Balaban J connectivity index is 1.17. The molecule has 0 atom stereocenters. The number of carbonyl (C=O) groups excluding carboxylic acids is 2. The lowest BCUT2D eigenvalue weighted by Gasteiger charge is -2.39. The van der Waals surface area contributed by atoms with Crippen LogP contribution in [0.4, 0.5) is 0 Å². The number of aromatic nitrogens is 2. The lowest BCUT2D eigenvalue weighted by Crippen LogP contribution is -2.47. The van der Waals surface area contributed by atoms with E-state index in [4.69, 9.17) is 0 Å². The fourth-order valence-corrected chi connectivity index (χ4v) is 5.88. The predicted octanol–water partition coefficient (Wildman–Crippen LogP) is 1.54. The van der Waals surface area contributed by atoms with E-state index in [1.54, 1.807) is 18.0 Å². The molecule has 5 rings (SSSR count). The number of nitrogens with zero attached hydrogens (tertiary/aromatic N) is 5.